The molecule has 0 saturated carbocycles. The van der Waals surface area contributed by atoms with Gasteiger partial charge in [0, 0.05) is 35.5 Å². The van der Waals surface area contributed by atoms with E-state index in [2.05, 4.69) is 0 Å². The quantitative estimate of drug-likeness (QED) is 0.133. The molecule has 0 spiro atoms. The van der Waals surface area contributed by atoms with Gasteiger partial charge in [0.15, 0.2) is 0 Å². The number of carbonyl (C=O) groups excluding carboxylic acids is 1. The summed E-state index contributed by atoms with van der Waals surface area (Å²) in [6, 6.07) is 34.9. The van der Waals surface area contributed by atoms with Gasteiger partial charge in [-0.05, 0) is 70.6 Å². The van der Waals surface area contributed by atoms with Crippen molar-refractivity contribution < 1.29 is 29.0 Å². The summed E-state index contributed by atoms with van der Waals surface area (Å²) in [7, 11) is 0. The summed E-state index contributed by atoms with van der Waals surface area (Å²) in [5, 5.41) is 21.7. The van der Waals surface area contributed by atoms with Crippen LogP contribution in [-0.2, 0) is 27.3 Å². The summed E-state index contributed by atoms with van der Waals surface area (Å²) in [4.78, 5) is 39.1. The number of aliphatic carboxylic acids is 2. The first-order valence-electron chi connectivity index (χ1n) is 15.4. The van der Waals surface area contributed by atoms with E-state index in [0.717, 1.165) is 33.0 Å². The van der Waals surface area contributed by atoms with Crippen LogP contribution in [0.2, 0.25) is 5.02 Å². The normalized spacial score (nSPS) is 13.1. The molecule has 3 unspecified atom stereocenters. The third-order valence-electron chi connectivity index (χ3n) is 8.62. The molecule has 5 aromatic carbocycles. The van der Waals surface area contributed by atoms with Crippen LogP contribution in [0.3, 0.4) is 0 Å². The summed E-state index contributed by atoms with van der Waals surface area (Å²) in [6.45, 7) is 2.05. The van der Waals surface area contributed by atoms with Gasteiger partial charge in [-0.3, -0.25) is 14.4 Å². The van der Waals surface area contributed by atoms with E-state index in [1.54, 1.807) is 23.1 Å². The van der Waals surface area contributed by atoms with Crippen LogP contribution in [-0.4, -0.2) is 39.0 Å². The maximum atomic E-state index is 15.5. The van der Waals surface area contributed by atoms with Crippen molar-refractivity contribution >= 4 is 40.2 Å². The summed E-state index contributed by atoms with van der Waals surface area (Å²) in [5.74, 6) is -5.22. The topological polar surface area (TPSA) is 94.9 Å². The molecule has 0 aromatic heterocycles. The van der Waals surface area contributed by atoms with Crippen molar-refractivity contribution in [2.75, 3.05) is 0 Å². The van der Waals surface area contributed by atoms with Gasteiger partial charge in [-0.25, -0.2) is 4.39 Å². The molecule has 2 N–H and O–H groups in total. The molecule has 0 aliphatic heterocycles. The lowest BCUT2D eigenvalue weighted by molar-refractivity contribution is -0.151. The molecule has 240 valence electrons. The Labute approximate surface area is 278 Å². The minimum Gasteiger partial charge on any atom is -0.481 e. The second kappa shape index (κ2) is 15.1. The zero-order valence-electron chi connectivity index (χ0n) is 25.9. The van der Waals surface area contributed by atoms with Crippen LogP contribution < -0.4 is 0 Å². The lowest BCUT2D eigenvalue weighted by atomic mass is 9.84. The van der Waals surface area contributed by atoms with Gasteiger partial charge in [-0.1, -0.05) is 103 Å². The third kappa shape index (κ3) is 8.43. The minimum atomic E-state index is -1.39. The molecule has 0 aliphatic rings. The van der Waals surface area contributed by atoms with Crippen molar-refractivity contribution in [3.05, 3.63) is 143 Å². The highest BCUT2D eigenvalue weighted by molar-refractivity contribution is 6.30. The van der Waals surface area contributed by atoms with E-state index in [1.807, 2.05) is 97.9 Å². The summed E-state index contributed by atoms with van der Waals surface area (Å²) in [5.41, 5.74) is 3.67. The summed E-state index contributed by atoms with van der Waals surface area (Å²) >= 11 is 6.23. The van der Waals surface area contributed by atoms with Crippen LogP contribution in [0.1, 0.15) is 42.4 Å². The van der Waals surface area contributed by atoms with Gasteiger partial charge in [-0.2, -0.15) is 0 Å². The van der Waals surface area contributed by atoms with Crippen LogP contribution in [0, 0.1) is 11.7 Å². The van der Waals surface area contributed by atoms with Crippen molar-refractivity contribution in [3.63, 3.8) is 0 Å². The minimum absolute atomic E-state index is 0.162. The predicted octanol–water partition coefficient (Wildman–Crippen LogP) is 8.61. The molecular weight excluding hydrogens is 617 g/mol. The summed E-state index contributed by atoms with van der Waals surface area (Å²) in [6.07, 6.45) is -0.784. The van der Waals surface area contributed by atoms with Crippen molar-refractivity contribution in [2.24, 2.45) is 5.92 Å². The number of hydrogen-bond acceptors (Lipinski definition) is 3. The van der Waals surface area contributed by atoms with Gasteiger partial charge < -0.3 is 15.1 Å². The maximum absolute atomic E-state index is 15.5. The van der Waals surface area contributed by atoms with Crippen molar-refractivity contribution in [2.45, 2.75) is 44.7 Å². The smallest absolute Gasteiger partial charge is 0.307 e. The third-order valence-corrected chi connectivity index (χ3v) is 8.88. The molecule has 0 saturated heterocycles. The van der Waals surface area contributed by atoms with E-state index in [0.29, 0.717) is 17.0 Å². The molecule has 0 bridgehead atoms. The molecule has 5 rings (SSSR count). The number of benzene rings is 5. The molecule has 0 heterocycles. The first-order valence-corrected chi connectivity index (χ1v) is 15.8. The van der Waals surface area contributed by atoms with E-state index in [9.17, 15) is 24.6 Å². The number of halogens is 2. The van der Waals surface area contributed by atoms with Crippen molar-refractivity contribution in [1.82, 2.24) is 4.90 Å². The first-order chi connectivity index (χ1) is 22.6. The lowest BCUT2D eigenvalue weighted by Gasteiger charge is -2.36. The fourth-order valence-corrected chi connectivity index (χ4v) is 6.19. The number of rotatable bonds is 13. The molecule has 3 atom stereocenters. The number of carbonyl (C=O) groups is 3. The van der Waals surface area contributed by atoms with Gasteiger partial charge >= 0.3 is 11.9 Å². The highest BCUT2D eigenvalue weighted by atomic mass is 35.5. The van der Waals surface area contributed by atoms with E-state index in [4.69, 9.17) is 11.6 Å². The fourth-order valence-electron chi connectivity index (χ4n) is 6.06. The number of nitrogens with zero attached hydrogens (tertiary/aromatic N) is 1. The molecule has 6 nitrogen and oxygen atoms in total. The average Bonchev–Trinajstić information content (AvgIpc) is 3.06. The van der Waals surface area contributed by atoms with Gasteiger partial charge in [0.25, 0.3) is 0 Å². The van der Waals surface area contributed by atoms with Crippen LogP contribution in [0.4, 0.5) is 4.39 Å². The lowest BCUT2D eigenvalue weighted by Crippen LogP contribution is -2.43. The molecular formula is C39H35ClFNO5. The zero-order valence-corrected chi connectivity index (χ0v) is 26.6. The molecule has 47 heavy (non-hydrogen) atoms. The Morgan fingerprint density at radius 2 is 1.43 bits per heavy atom. The number of carboxylic acid groups (broad SMARTS) is 2. The van der Waals surface area contributed by atoms with Gasteiger partial charge in [0.2, 0.25) is 5.91 Å². The second-order valence-corrected chi connectivity index (χ2v) is 12.3. The molecule has 1 amide bonds. The van der Waals surface area contributed by atoms with Crippen molar-refractivity contribution in [3.8, 4) is 11.1 Å². The standard InChI is InChI=1S/C39H35ClFNO5/c1-25(35(30-14-16-33(40)17-15-30)20-26-12-18-34(36(41)21-26)29-8-3-2-4-9-29)42(37(43)22-32(39(46)47)23-38(44)45)24-27-11-13-28-7-5-6-10-31(28)19-27/h2-19,21,25,32,35H,20,22-24H2,1H3,(H,44,45)(H,46,47). The monoisotopic (exact) mass is 651 g/mol. The molecule has 0 fully saturated rings. The maximum Gasteiger partial charge on any atom is 0.307 e. The van der Waals surface area contributed by atoms with Crippen LogP contribution in [0.15, 0.2) is 115 Å². The number of fused-ring (bicyclic) bond motifs is 1. The number of hydrogen-bond donors (Lipinski definition) is 2. The van der Waals surface area contributed by atoms with E-state index in [1.165, 1.54) is 6.07 Å². The Hall–Kier alpha value is -5.01. The molecule has 8 heteroatoms. The largest absolute Gasteiger partial charge is 0.481 e. The highest BCUT2D eigenvalue weighted by Gasteiger charge is 2.33. The average molecular weight is 652 g/mol. The second-order valence-electron chi connectivity index (χ2n) is 11.8. The Bertz CT molecular complexity index is 1880. The summed E-state index contributed by atoms with van der Waals surface area (Å²) < 4.78 is 15.5. The van der Waals surface area contributed by atoms with Gasteiger partial charge in [0.05, 0.1) is 12.3 Å². The molecule has 5 aromatic rings. The SMILES string of the molecule is CC(C(Cc1ccc(-c2ccccc2)c(F)c1)c1ccc(Cl)cc1)N(Cc1ccc2ccccc2c1)C(=O)CC(CC(=O)O)C(=O)O. The van der Waals surface area contributed by atoms with Crippen LogP contribution >= 0.6 is 11.6 Å². The predicted molar refractivity (Wildman–Crippen MR) is 182 cm³/mol. The van der Waals surface area contributed by atoms with Crippen LogP contribution in [0.25, 0.3) is 21.9 Å². The number of carboxylic acids is 2. The first kappa shape index (κ1) is 33.4. The van der Waals surface area contributed by atoms with E-state index >= 15 is 4.39 Å². The fraction of sp³-hybridized carbons (Fsp3) is 0.205. The number of amides is 1. The zero-order chi connectivity index (χ0) is 33.5. The Kier molecular flexibility index (Phi) is 10.7. The molecule has 0 aliphatic carbocycles. The Morgan fingerprint density at radius 3 is 2.09 bits per heavy atom. The van der Waals surface area contributed by atoms with Gasteiger partial charge in [-0.15, -0.1) is 0 Å². The Morgan fingerprint density at radius 1 is 0.766 bits per heavy atom. The van der Waals surface area contributed by atoms with E-state index < -0.39 is 42.6 Å². The van der Waals surface area contributed by atoms with Crippen molar-refractivity contribution in [1.29, 1.82) is 0 Å². The van der Waals surface area contributed by atoms with Gasteiger partial charge in [0.1, 0.15) is 5.82 Å². The molecule has 0 radical (unpaired) electrons. The highest BCUT2D eigenvalue weighted by Crippen LogP contribution is 2.33. The van der Waals surface area contributed by atoms with E-state index in [-0.39, 0.29) is 18.3 Å². The van der Waals surface area contributed by atoms with Crippen LogP contribution in [0.5, 0.6) is 0 Å². The Balaban J connectivity index is 1.52.